The molecule has 1 amide bonds. The van der Waals surface area contributed by atoms with E-state index in [4.69, 9.17) is 0 Å². The number of carbonyl (C=O) groups is 1. The second-order valence-corrected chi connectivity index (χ2v) is 9.33. The zero-order valence-corrected chi connectivity index (χ0v) is 17.6. The number of anilines is 1. The van der Waals surface area contributed by atoms with E-state index in [1.807, 2.05) is 18.2 Å². The van der Waals surface area contributed by atoms with Gasteiger partial charge < -0.3 is 5.32 Å². The third-order valence-electron chi connectivity index (χ3n) is 5.20. The van der Waals surface area contributed by atoms with Gasteiger partial charge in [-0.15, -0.1) is 0 Å². The number of rotatable bonds is 8. The predicted octanol–water partition coefficient (Wildman–Crippen LogP) is 3.33. The maximum atomic E-state index is 12.5. The van der Waals surface area contributed by atoms with Gasteiger partial charge in [0.1, 0.15) is 0 Å². The van der Waals surface area contributed by atoms with Crippen LogP contribution >= 0.6 is 0 Å². The zero-order valence-electron chi connectivity index (χ0n) is 16.8. The fourth-order valence-corrected chi connectivity index (χ4v) is 4.76. The normalized spacial score (nSPS) is 15.8. The van der Waals surface area contributed by atoms with Crippen LogP contribution in [0.15, 0.2) is 48.5 Å². The van der Waals surface area contributed by atoms with Gasteiger partial charge >= 0.3 is 0 Å². The molecule has 8 nitrogen and oxygen atoms in total. The number of fused-ring (bicyclic) bond motifs is 1. The molecule has 0 heterocycles. The summed E-state index contributed by atoms with van der Waals surface area (Å²) in [7, 11) is -3.65. The Labute approximate surface area is 176 Å². The Morgan fingerprint density at radius 2 is 2.00 bits per heavy atom. The minimum absolute atomic E-state index is 0.0229. The van der Waals surface area contributed by atoms with Crippen LogP contribution in [0.25, 0.3) is 0 Å². The van der Waals surface area contributed by atoms with Crippen molar-refractivity contribution in [2.24, 2.45) is 0 Å². The van der Waals surface area contributed by atoms with Gasteiger partial charge in [0.25, 0.3) is 5.69 Å². The van der Waals surface area contributed by atoms with Gasteiger partial charge in [0.2, 0.25) is 15.9 Å². The number of hydrogen-bond acceptors (Lipinski definition) is 5. The van der Waals surface area contributed by atoms with Gasteiger partial charge in [0.15, 0.2) is 0 Å². The summed E-state index contributed by atoms with van der Waals surface area (Å²) in [4.78, 5) is 22.9. The molecule has 0 spiro atoms. The van der Waals surface area contributed by atoms with Crippen LogP contribution in [0, 0.1) is 10.1 Å². The van der Waals surface area contributed by atoms with Crippen molar-refractivity contribution < 1.29 is 18.1 Å². The third-order valence-corrected chi connectivity index (χ3v) is 6.39. The van der Waals surface area contributed by atoms with E-state index in [0.717, 1.165) is 35.4 Å². The van der Waals surface area contributed by atoms with Crippen LogP contribution in [0.5, 0.6) is 0 Å². The summed E-state index contributed by atoms with van der Waals surface area (Å²) in [6, 6.07) is 13.5. The molecule has 0 bridgehead atoms. The molecule has 0 aliphatic heterocycles. The molecular weight excluding hydrogens is 406 g/mol. The van der Waals surface area contributed by atoms with Crippen LogP contribution in [0.2, 0.25) is 0 Å². The molecule has 2 aromatic rings. The Balaban J connectivity index is 1.61. The first-order valence-electron chi connectivity index (χ1n) is 9.85. The van der Waals surface area contributed by atoms with Crippen LogP contribution in [-0.2, 0) is 21.2 Å². The summed E-state index contributed by atoms with van der Waals surface area (Å²) in [6.07, 6.45) is 4.41. The molecule has 0 saturated heterocycles. The van der Waals surface area contributed by atoms with E-state index >= 15 is 0 Å². The first-order chi connectivity index (χ1) is 14.3. The summed E-state index contributed by atoms with van der Waals surface area (Å²) in [5.41, 5.74) is 2.43. The second-order valence-electron chi connectivity index (χ2n) is 7.43. The maximum Gasteiger partial charge on any atom is 0.271 e. The minimum atomic E-state index is -3.65. The van der Waals surface area contributed by atoms with Crippen LogP contribution in [0.4, 0.5) is 11.4 Å². The first kappa shape index (κ1) is 21.8. The Morgan fingerprint density at radius 3 is 2.73 bits per heavy atom. The van der Waals surface area contributed by atoms with Gasteiger partial charge in [0.05, 0.1) is 22.9 Å². The molecule has 1 aliphatic rings. The molecule has 30 heavy (non-hydrogen) atoms. The Morgan fingerprint density at radius 1 is 1.23 bits per heavy atom. The summed E-state index contributed by atoms with van der Waals surface area (Å²) >= 11 is 0. The Hall–Kier alpha value is -2.94. The predicted molar refractivity (Wildman–Crippen MR) is 115 cm³/mol. The first-order valence-corrected chi connectivity index (χ1v) is 11.7. The molecule has 0 fully saturated rings. The van der Waals surface area contributed by atoms with E-state index in [1.165, 1.54) is 29.8 Å². The Bertz CT molecular complexity index is 1040. The molecule has 0 saturated carbocycles. The monoisotopic (exact) mass is 431 g/mol. The van der Waals surface area contributed by atoms with Gasteiger partial charge in [0, 0.05) is 25.1 Å². The quantitative estimate of drug-likeness (QED) is 0.509. The van der Waals surface area contributed by atoms with E-state index in [9.17, 15) is 23.3 Å². The molecule has 0 unspecified atom stereocenters. The number of nitro benzene ring substituents is 1. The fourth-order valence-electron chi connectivity index (χ4n) is 3.80. The molecule has 1 aliphatic carbocycles. The number of nitrogens with one attached hydrogen (secondary N) is 1. The zero-order chi connectivity index (χ0) is 21.7. The van der Waals surface area contributed by atoms with Crippen LogP contribution in [-0.4, -0.2) is 32.0 Å². The molecule has 160 valence electrons. The summed E-state index contributed by atoms with van der Waals surface area (Å²) in [5.74, 6) is -0.135. The highest BCUT2D eigenvalue weighted by molar-refractivity contribution is 7.92. The number of nitrogens with zero attached hydrogens (tertiary/aromatic N) is 2. The van der Waals surface area contributed by atoms with E-state index < -0.39 is 14.9 Å². The number of hydrogen-bond donors (Lipinski definition) is 1. The van der Waals surface area contributed by atoms with Crippen molar-refractivity contribution in [3.05, 3.63) is 69.8 Å². The molecular formula is C21H25N3O5S. The van der Waals surface area contributed by atoms with Gasteiger partial charge in [-0.3, -0.25) is 19.2 Å². The lowest BCUT2D eigenvalue weighted by molar-refractivity contribution is -0.384. The van der Waals surface area contributed by atoms with E-state index in [-0.39, 0.29) is 36.3 Å². The lowest BCUT2D eigenvalue weighted by atomic mass is 9.87. The second kappa shape index (κ2) is 9.25. The van der Waals surface area contributed by atoms with Crippen molar-refractivity contribution in [3.63, 3.8) is 0 Å². The van der Waals surface area contributed by atoms with Gasteiger partial charge in [-0.05, 0) is 42.9 Å². The third kappa shape index (κ3) is 5.35. The van der Waals surface area contributed by atoms with Gasteiger partial charge in [-0.1, -0.05) is 30.3 Å². The molecule has 2 aromatic carbocycles. The molecule has 0 radical (unpaired) electrons. The summed E-state index contributed by atoms with van der Waals surface area (Å²) in [5, 5.41) is 14.0. The molecule has 1 atom stereocenters. The fraction of sp³-hybridized carbons (Fsp3) is 0.381. The largest absolute Gasteiger partial charge is 0.349 e. The molecule has 3 rings (SSSR count). The number of benzene rings is 2. The number of nitro groups is 1. The summed E-state index contributed by atoms with van der Waals surface area (Å²) in [6.45, 7) is 0.0642. The van der Waals surface area contributed by atoms with Crippen LogP contribution < -0.4 is 9.62 Å². The molecule has 1 N–H and O–H groups in total. The average molecular weight is 432 g/mol. The van der Waals surface area contributed by atoms with Crippen molar-refractivity contribution in [1.82, 2.24) is 5.32 Å². The highest BCUT2D eigenvalue weighted by atomic mass is 32.2. The summed E-state index contributed by atoms with van der Waals surface area (Å²) < 4.78 is 25.5. The number of carbonyl (C=O) groups excluding carboxylic acids is 1. The van der Waals surface area contributed by atoms with Crippen LogP contribution in [0.1, 0.15) is 42.9 Å². The lowest BCUT2D eigenvalue weighted by Gasteiger charge is -2.26. The smallest absolute Gasteiger partial charge is 0.271 e. The topological polar surface area (TPSA) is 110 Å². The number of amides is 1. The van der Waals surface area contributed by atoms with Crippen molar-refractivity contribution in [1.29, 1.82) is 0 Å². The highest BCUT2D eigenvalue weighted by Gasteiger charge is 2.23. The van der Waals surface area contributed by atoms with Crippen LogP contribution in [0.3, 0.4) is 0 Å². The van der Waals surface area contributed by atoms with Crippen molar-refractivity contribution in [2.45, 2.75) is 38.1 Å². The van der Waals surface area contributed by atoms with Crippen molar-refractivity contribution >= 4 is 27.3 Å². The van der Waals surface area contributed by atoms with Crippen molar-refractivity contribution in [3.8, 4) is 0 Å². The van der Waals surface area contributed by atoms with Crippen molar-refractivity contribution in [2.75, 3.05) is 17.1 Å². The van der Waals surface area contributed by atoms with Gasteiger partial charge in [-0.25, -0.2) is 8.42 Å². The van der Waals surface area contributed by atoms with E-state index in [1.54, 1.807) is 0 Å². The van der Waals surface area contributed by atoms with E-state index in [0.29, 0.717) is 6.42 Å². The Kier molecular flexibility index (Phi) is 6.71. The minimum Gasteiger partial charge on any atom is -0.349 e. The maximum absolute atomic E-state index is 12.5. The highest BCUT2D eigenvalue weighted by Crippen LogP contribution is 2.29. The standard InChI is InChI=1S/C21H25N3O5S/c1-30(28,29)23(17-9-5-10-18(15-17)24(26)27)14-6-13-21(25)22-20-12-4-8-16-7-2-3-11-19(16)20/h2-3,5,7,9-11,15,20H,4,6,8,12-14H2,1H3,(H,22,25)/t20-/m0/s1. The molecule has 9 heteroatoms. The average Bonchev–Trinajstić information content (AvgIpc) is 2.70. The number of sulfonamides is 1. The molecule has 0 aromatic heterocycles. The SMILES string of the molecule is CS(=O)(=O)N(CCCC(=O)N[C@H]1CCCc2ccccc21)c1cccc([N+](=O)[O-])c1. The lowest BCUT2D eigenvalue weighted by Crippen LogP contribution is -2.33. The van der Waals surface area contributed by atoms with E-state index in [2.05, 4.69) is 11.4 Å². The number of non-ortho nitro benzene ring substituents is 1. The van der Waals surface area contributed by atoms with Gasteiger partial charge in [-0.2, -0.15) is 0 Å². The number of aryl methyl sites for hydroxylation is 1.